The van der Waals surface area contributed by atoms with Gasteiger partial charge < -0.3 is 10.1 Å². The van der Waals surface area contributed by atoms with Crippen molar-refractivity contribution in [3.05, 3.63) is 27.7 Å². The van der Waals surface area contributed by atoms with E-state index >= 15 is 0 Å². The van der Waals surface area contributed by atoms with Crippen LogP contribution in [-0.2, 0) is 6.42 Å². The molecule has 0 amide bonds. The van der Waals surface area contributed by atoms with Crippen LogP contribution < -0.4 is 10.1 Å². The lowest BCUT2D eigenvalue weighted by Crippen LogP contribution is -2.31. The quantitative estimate of drug-likeness (QED) is 0.863. The van der Waals surface area contributed by atoms with E-state index in [4.69, 9.17) is 4.74 Å². The van der Waals surface area contributed by atoms with Crippen LogP contribution in [-0.4, -0.2) is 20.2 Å². The molecule has 1 atom stereocenters. The number of hydrogen-bond acceptors (Lipinski definition) is 2. The molecule has 100 valence electrons. The van der Waals surface area contributed by atoms with Gasteiger partial charge in [-0.25, -0.2) is 4.39 Å². The number of ether oxygens (including phenoxy) is 1. The van der Waals surface area contributed by atoms with Gasteiger partial charge in [0.2, 0.25) is 5.82 Å². The Morgan fingerprint density at radius 3 is 2.83 bits per heavy atom. The summed E-state index contributed by atoms with van der Waals surface area (Å²) in [5.74, 6) is -1.41. The Hall–Kier alpha value is -0.680. The van der Waals surface area contributed by atoms with Crippen molar-refractivity contribution < 1.29 is 13.5 Å². The van der Waals surface area contributed by atoms with Crippen molar-refractivity contribution in [1.82, 2.24) is 5.32 Å². The Balaban J connectivity index is 2.22. The number of benzene rings is 1. The molecule has 18 heavy (non-hydrogen) atoms. The predicted molar refractivity (Wildman–Crippen MR) is 69.9 cm³/mol. The monoisotopic (exact) mass is 319 g/mol. The average Bonchev–Trinajstić information content (AvgIpc) is 2.37. The Morgan fingerprint density at radius 1 is 1.44 bits per heavy atom. The fourth-order valence-corrected chi connectivity index (χ4v) is 2.98. The first-order valence-corrected chi connectivity index (χ1v) is 6.84. The van der Waals surface area contributed by atoms with Gasteiger partial charge in [-0.05, 0) is 65.8 Å². The summed E-state index contributed by atoms with van der Waals surface area (Å²) in [6.07, 6.45) is 2.70. The fraction of sp³-hybridized carbons (Fsp3) is 0.538. The summed E-state index contributed by atoms with van der Waals surface area (Å²) in [7, 11) is 1.33. The van der Waals surface area contributed by atoms with Gasteiger partial charge in [-0.1, -0.05) is 0 Å². The highest BCUT2D eigenvalue weighted by atomic mass is 79.9. The lowest BCUT2D eigenvalue weighted by molar-refractivity contribution is 0.354. The molecule has 0 aromatic heterocycles. The maximum atomic E-state index is 13.9. The highest BCUT2D eigenvalue weighted by Gasteiger charge is 2.21. The van der Waals surface area contributed by atoms with Crippen molar-refractivity contribution in [3.8, 4) is 5.75 Å². The number of nitrogens with one attached hydrogen (secondary N) is 1. The highest BCUT2D eigenvalue weighted by molar-refractivity contribution is 9.10. The minimum atomic E-state index is -0.911. The Bertz CT molecular complexity index is 433. The van der Waals surface area contributed by atoms with E-state index in [9.17, 15) is 8.78 Å². The Labute approximate surface area is 114 Å². The topological polar surface area (TPSA) is 21.3 Å². The van der Waals surface area contributed by atoms with Crippen molar-refractivity contribution in [3.63, 3.8) is 0 Å². The number of halogens is 3. The van der Waals surface area contributed by atoms with Crippen LogP contribution in [0.3, 0.4) is 0 Å². The molecule has 1 aliphatic rings. The van der Waals surface area contributed by atoms with Gasteiger partial charge in [0.15, 0.2) is 11.6 Å². The summed E-state index contributed by atoms with van der Waals surface area (Å²) in [6.45, 7) is 1.88. The summed E-state index contributed by atoms with van der Waals surface area (Å²) < 4.78 is 32.9. The molecule has 0 spiro atoms. The van der Waals surface area contributed by atoms with E-state index in [1.807, 2.05) is 0 Å². The standard InChI is InChI=1S/C13H16BrF2NO/c1-18-13-10(14)6-9(11(15)12(13)16)5-8-3-2-4-17-7-8/h6,8,17H,2-5,7H2,1H3. The molecule has 0 radical (unpaired) electrons. The third kappa shape index (κ3) is 2.83. The highest BCUT2D eigenvalue weighted by Crippen LogP contribution is 2.33. The minimum absolute atomic E-state index is 0.0713. The van der Waals surface area contributed by atoms with Crippen LogP contribution in [0.1, 0.15) is 18.4 Å². The molecule has 1 aliphatic heterocycles. The molecule has 2 rings (SSSR count). The van der Waals surface area contributed by atoms with E-state index in [1.54, 1.807) is 6.07 Å². The second-order valence-corrected chi connectivity index (χ2v) is 5.45. The first kappa shape index (κ1) is 13.7. The fourth-order valence-electron chi connectivity index (χ4n) is 2.37. The molecule has 1 aromatic rings. The van der Waals surface area contributed by atoms with E-state index in [2.05, 4.69) is 21.2 Å². The molecule has 1 saturated heterocycles. The normalized spacial score (nSPS) is 19.9. The zero-order valence-corrected chi connectivity index (χ0v) is 11.8. The summed E-state index contributed by atoms with van der Waals surface area (Å²) >= 11 is 3.21. The van der Waals surface area contributed by atoms with Crippen LogP contribution in [0.25, 0.3) is 0 Å². The van der Waals surface area contributed by atoms with Gasteiger partial charge in [-0.3, -0.25) is 0 Å². The second kappa shape index (κ2) is 5.97. The van der Waals surface area contributed by atoms with Crippen molar-refractivity contribution >= 4 is 15.9 Å². The van der Waals surface area contributed by atoms with Crippen LogP contribution in [0.5, 0.6) is 5.75 Å². The molecule has 1 fully saturated rings. The van der Waals surface area contributed by atoms with E-state index in [-0.39, 0.29) is 5.75 Å². The maximum Gasteiger partial charge on any atom is 0.202 e. The molecule has 1 aromatic carbocycles. The van der Waals surface area contributed by atoms with Gasteiger partial charge in [0, 0.05) is 0 Å². The zero-order valence-electron chi connectivity index (χ0n) is 10.2. The van der Waals surface area contributed by atoms with Gasteiger partial charge >= 0.3 is 0 Å². The molecule has 1 heterocycles. The van der Waals surface area contributed by atoms with Gasteiger partial charge in [0.05, 0.1) is 11.6 Å². The SMILES string of the molecule is COc1c(Br)cc(CC2CCCNC2)c(F)c1F. The molecular formula is C13H16BrF2NO. The van der Waals surface area contributed by atoms with Crippen LogP contribution in [0.4, 0.5) is 8.78 Å². The molecule has 1 N–H and O–H groups in total. The van der Waals surface area contributed by atoms with Crippen LogP contribution in [0.15, 0.2) is 10.5 Å². The first-order valence-electron chi connectivity index (χ1n) is 6.04. The zero-order chi connectivity index (χ0) is 13.1. The number of methoxy groups -OCH3 is 1. The van der Waals surface area contributed by atoms with Gasteiger partial charge in [-0.2, -0.15) is 4.39 Å². The second-order valence-electron chi connectivity index (χ2n) is 4.60. The Morgan fingerprint density at radius 2 is 2.22 bits per heavy atom. The van der Waals surface area contributed by atoms with Crippen molar-refractivity contribution in [2.24, 2.45) is 5.92 Å². The number of rotatable bonds is 3. The van der Waals surface area contributed by atoms with E-state index < -0.39 is 11.6 Å². The lowest BCUT2D eigenvalue weighted by Gasteiger charge is -2.23. The van der Waals surface area contributed by atoms with Crippen molar-refractivity contribution in [2.45, 2.75) is 19.3 Å². The summed E-state index contributed by atoms with van der Waals surface area (Å²) in [4.78, 5) is 0. The summed E-state index contributed by atoms with van der Waals surface area (Å²) in [6, 6.07) is 1.62. The largest absolute Gasteiger partial charge is 0.492 e. The maximum absolute atomic E-state index is 13.9. The number of piperidine rings is 1. The molecule has 0 saturated carbocycles. The lowest BCUT2D eigenvalue weighted by atomic mass is 9.92. The van der Waals surface area contributed by atoms with Gasteiger partial charge in [-0.15, -0.1) is 0 Å². The van der Waals surface area contributed by atoms with Crippen LogP contribution in [0, 0.1) is 17.6 Å². The summed E-state index contributed by atoms with van der Waals surface area (Å²) in [5, 5.41) is 3.27. The summed E-state index contributed by atoms with van der Waals surface area (Å²) in [5.41, 5.74) is 0.411. The third-order valence-electron chi connectivity index (χ3n) is 3.30. The molecule has 2 nitrogen and oxygen atoms in total. The van der Waals surface area contributed by atoms with E-state index in [0.29, 0.717) is 22.4 Å². The average molecular weight is 320 g/mol. The van der Waals surface area contributed by atoms with Crippen molar-refractivity contribution in [1.29, 1.82) is 0 Å². The van der Waals surface area contributed by atoms with Crippen molar-refractivity contribution in [2.75, 3.05) is 20.2 Å². The minimum Gasteiger partial charge on any atom is -0.492 e. The molecule has 1 unspecified atom stereocenters. The molecular weight excluding hydrogens is 304 g/mol. The molecule has 0 aliphatic carbocycles. The van der Waals surface area contributed by atoms with Crippen LogP contribution in [0.2, 0.25) is 0 Å². The van der Waals surface area contributed by atoms with E-state index in [0.717, 1.165) is 25.9 Å². The molecule has 5 heteroatoms. The van der Waals surface area contributed by atoms with Gasteiger partial charge in [0.1, 0.15) is 0 Å². The first-order chi connectivity index (χ1) is 8.63. The number of hydrogen-bond donors (Lipinski definition) is 1. The predicted octanol–water partition coefficient (Wildman–Crippen LogP) is 3.28. The molecule has 0 bridgehead atoms. The van der Waals surface area contributed by atoms with Gasteiger partial charge in [0.25, 0.3) is 0 Å². The van der Waals surface area contributed by atoms with Crippen LogP contribution >= 0.6 is 15.9 Å². The smallest absolute Gasteiger partial charge is 0.202 e. The third-order valence-corrected chi connectivity index (χ3v) is 3.89. The van der Waals surface area contributed by atoms with E-state index in [1.165, 1.54) is 7.11 Å². The Kier molecular flexibility index (Phi) is 4.56.